The van der Waals surface area contributed by atoms with Crippen LogP contribution in [0.15, 0.2) is 65.2 Å². The summed E-state index contributed by atoms with van der Waals surface area (Å²) >= 11 is 5.93. The number of nitrogens with one attached hydrogen (secondary N) is 1. The van der Waals surface area contributed by atoms with Gasteiger partial charge in [-0.05, 0) is 55.8 Å². The molecular formula is C23H24ClN3O2. The maximum atomic E-state index is 12.7. The molecule has 3 aromatic rings. The summed E-state index contributed by atoms with van der Waals surface area (Å²) in [4.78, 5) is 15.1. The molecule has 0 aliphatic carbocycles. The lowest BCUT2D eigenvalue weighted by Crippen LogP contribution is -2.40. The molecule has 29 heavy (non-hydrogen) atoms. The SMILES string of the molecule is O=C(NC[C@@H](c1ccccc1)N1CCCCC1)c1cc(-c2ccc(Cl)cc2)on1. The van der Waals surface area contributed by atoms with Crippen LogP contribution in [0.1, 0.15) is 41.4 Å². The van der Waals surface area contributed by atoms with Gasteiger partial charge in [0.15, 0.2) is 11.5 Å². The number of rotatable bonds is 6. The van der Waals surface area contributed by atoms with Crippen LogP contribution in [0.3, 0.4) is 0 Å². The van der Waals surface area contributed by atoms with Crippen molar-refractivity contribution in [2.45, 2.75) is 25.3 Å². The van der Waals surface area contributed by atoms with Crippen LogP contribution < -0.4 is 5.32 Å². The highest BCUT2D eigenvalue weighted by Gasteiger charge is 2.23. The molecule has 1 aromatic heterocycles. The fraction of sp³-hybridized carbons (Fsp3) is 0.304. The van der Waals surface area contributed by atoms with E-state index in [1.807, 2.05) is 30.3 Å². The number of hydrogen-bond acceptors (Lipinski definition) is 4. The Morgan fingerprint density at radius 2 is 1.79 bits per heavy atom. The third-order valence-corrected chi connectivity index (χ3v) is 5.60. The van der Waals surface area contributed by atoms with E-state index in [2.05, 4.69) is 27.5 Å². The van der Waals surface area contributed by atoms with Gasteiger partial charge in [-0.1, -0.05) is 53.5 Å². The molecular weight excluding hydrogens is 386 g/mol. The predicted octanol–water partition coefficient (Wildman–Crippen LogP) is 4.95. The van der Waals surface area contributed by atoms with E-state index in [-0.39, 0.29) is 17.6 Å². The van der Waals surface area contributed by atoms with Crippen molar-refractivity contribution in [1.29, 1.82) is 0 Å². The number of benzene rings is 2. The highest BCUT2D eigenvalue weighted by atomic mass is 35.5. The van der Waals surface area contributed by atoms with E-state index in [1.54, 1.807) is 18.2 Å². The van der Waals surface area contributed by atoms with Crippen LogP contribution in [0, 0.1) is 0 Å². The Hall–Kier alpha value is -2.63. The van der Waals surface area contributed by atoms with Gasteiger partial charge < -0.3 is 9.84 Å². The Morgan fingerprint density at radius 1 is 1.07 bits per heavy atom. The summed E-state index contributed by atoms with van der Waals surface area (Å²) in [7, 11) is 0. The smallest absolute Gasteiger partial charge is 0.273 e. The van der Waals surface area contributed by atoms with E-state index < -0.39 is 0 Å². The van der Waals surface area contributed by atoms with Gasteiger partial charge in [0, 0.05) is 23.2 Å². The minimum absolute atomic E-state index is 0.156. The quantitative estimate of drug-likeness (QED) is 0.625. The average Bonchev–Trinajstić information content (AvgIpc) is 3.26. The molecule has 0 radical (unpaired) electrons. The topological polar surface area (TPSA) is 58.4 Å². The van der Waals surface area contributed by atoms with Crippen molar-refractivity contribution in [3.8, 4) is 11.3 Å². The third kappa shape index (κ3) is 4.86. The molecule has 1 atom stereocenters. The number of amides is 1. The Morgan fingerprint density at radius 3 is 2.52 bits per heavy atom. The molecule has 1 saturated heterocycles. The van der Waals surface area contributed by atoms with Crippen molar-refractivity contribution in [2.24, 2.45) is 0 Å². The minimum atomic E-state index is -0.230. The van der Waals surface area contributed by atoms with Crippen molar-refractivity contribution < 1.29 is 9.32 Å². The lowest BCUT2D eigenvalue weighted by molar-refractivity contribution is 0.0915. The van der Waals surface area contributed by atoms with Gasteiger partial charge in [0.2, 0.25) is 0 Å². The molecule has 5 nitrogen and oxygen atoms in total. The number of carbonyl (C=O) groups is 1. The second-order valence-corrected chi connectivity index (χ2v) is 7.75. The zero-order valence-corrected chi connectivity index (χ0v) is 16.9. The largest absolute Gasteiger partial charge is 0.355 e. The second kappa shape index (κ2) is 9.25. The van der Waals surface area contributed by atoms with Crippen LogP contribution >= 0.6 is 11.6 Å². The van der Waals surface area contributed by atoms with E-state index in [0.717, 1.165) is 18.7 Å². The second-order valence-electron chi connectivity index (χ2n) is 7.32. The molecule has 0 spiro atoms. The number of likely N-dealkylation sites (tertiary alicyclic amines) is 1. The Labute approximate surface area is 175 Å². The first-order valence-electron chi connectivity index (χ1n) is 10.0. The highest BCUT2D eigenvalue weighted by molar-refractivity contribution is 6.30. The molecule has 0 unspecified atom stereocenters. The molecule has 150 valence electrons. The predicted molar refractivity (Wildman–Crippen MR) is 114 cm³/mol. The molecule has 4 rings (SSSR count). The lowest BCUT2D eigenvalue weighted by Gasteiger charge is -2.35. The van der Waals surface area contributed by atoms with Crippen LogP contribution in [0.2, 0.25) is 5.02 Å². The minimum Gasteiger partial charge on any atom is -0.355 e. The van der Waals surface area contributed by atoms with E-state index in [1.165, 1.54) is 24.8 Å². The maximum absolute atomic E-state index is 12.7. The number of carbonyl (C=O) groups excluding carboxylic acids is 1. The summed E-state index contributed by atoms with van der Waals surface area (Å²) in [5.74, 6) is 0.314. The molecule has 0 bridgehead atoms. The number of aromatic nitrogens is 1. The molecule has 1 amide bonds. The van der Waals surface area contributed by atoms with Gasteiger partial charge in [-0.25, -0.2) is 0 Å². The zero-order chi connectivity index (χ0) is 20.1. The summed E-state index contributed by atoms with van der Waals surface area (Å²) in [6, 6.07) is 19.4. The van der Waals surface area contributed by atoms with E-state index in [9.17, 15) is 4.79 Å². The van der Waals surface area contributed by atoms with Gasteiger partial charge in [0.25, 0.3) is 5.91 Å². The summed E-state index contributed by atoms with van der Waals surface area (Å²) < 4.78 is 5.36. The summed E-state index contributed by atoms with van der Waals surface area (Å²) in [5, 5.41) is 7.64. The molecule has 1 N–H and O–H groups in total. The van der Waals surface area contributed by atoms with Crippen molar-refractivity contribution in [3.05, 3.63) is 76.9 Å². The van der Waals surface area contributed by atoms with Crippen molar-refractivity contribution in [2.75, 3.05) is 19.6 Å². The van der Waals surface area contributed by atoms with Gasteiger partial charge in [0.1, 0.15) is 0 Å². The molecule has 0 saturated carbocycles. The number of nitrogens with zero attached hydrogens (tertiary/aromatic N) is 2. The van der Waals surface area contributed by atoms with Crippen molar-refractivity contribution >= 4 is 17.5 Å². The molecule has 6 heteroatoms. The van der Waals surface area contributed by atoms with Crippen molar-refractivity contribution in [3.63, 3.8) is 0 Å². The lowest BCUT2D eigenvalue weighted by atomic mass is 10.0. The van der Waals surface area contributed by atoms with Crippen LogP contribution in [-0.4, -0.2) is 35.6 Å². The Bertz CT molecular complexity index is 934. The molecule has 1 aliphatic heterocycles. The summed E-state index contributed by atoms with van der Waals surface area (Å²) in [6.45, 7) is 2.65. The third-order valence-electron chi connectivity index (χ3n) is 5.34. The van der Waals surface area contributed by atoms with Crippen LogP contribution in [-0.2, 0) is 0 Å². The van der Waals surface area contributed by atoms with Crippen LogP contribution in [0.4, 0.5) is 0 Å². The zero-order valence-electron chi connectivity index (χ0n) is 16.2. The number of piperidine rings is 1. The molecule has 2 aromatic carbocycles. The fourth-order valence-electron chi connectivity index (χ4n) is 3.78. The molecule has 1 fully saturated rings. The van der Waals surface area contributed by atoms with E-state index in [4.69, 9.17) is 16.1 Å². The van der Waals surface area contributed by atoms with E-state index in [0.29, 0.717) is 17.3 Å². The standard InChI is InChI=1S/C23H24ClN3O2/c24-19-11-9-18(10-12-19)22-15-20(26-29-22)23(28)25-16-21(17-7-3-1-4-8-17)27-13-5-2-6-14-27/h1,3-4,7-12,15,21H,2,5-6,13-14,16H2,(H,25,28)/t21-/m0/s1. The highest BCUT2D eigenvalue weighted by Crippen LogP contribution is 2.25. The first kappa shape index (κ1) is 19.7. The Kier molecular flexibility index (Phi) is 6.27. The summed E-state index contributed by atoms with van der Waals surface area (Å²) in [6.07, 6.45) is 3.67. The molecule has 1 aliphatic rings. The van der Waals surface area contributed by atoms with Gasteiger partial charge in [-0.2, -0.15) is 0 Å². The number of halogens is 1. The maximum Gasteiger partial charge on any atom is 0.273 e. The first-order chi connectivity index (χ1) is 14.2. The van der Waals surface area contributed by atoms with Crippen LogP contribution in [0.25, 0.3) is 11.3 Å². The van der Waals surface area contributed by atoms with Gasteiger partial charge in [0.05, 0.1) is 6.04 Å². The normalized spacial score (nSPS) is 15.8. The summed E-state index contributed by atoms with van der Waals surface area (Å²) in [5.41, 5.74) is 2.33. The first-order valence-corrected chi connectivity index (χ1v) is 10.4. The van der Waals surface area contributed by atoms with Gasteiger partial charge in [-0.15, -0.1) is 0 Å². The van der Waals surface area contributed by atoms with Crippen LogP contribution in [0.5, 0.6) is 0 Å². The van der Waals surface area contributed by atoms with Gasteiger partial charge in [-0.3, -0.25) is 9.69 Å². The molecule has 2 heterocycles. The fourth-order valence-corrected chi connectivity index (χ4v) is 3.90. The van der Waals surface area contributed by atoms with Crippen molar-refractivity contribution in [1.82, 2.24) is 15.4 Å². The monoisotopic (exact) mass is 409 g/mol. The number of hydrogen-bond donors (Lipinski definition) is 1. The Balaban J connectivity index is 1.44. The average molecular weight is 410 g/mol. The van der Waals surface area contributed by atoms with E-state index >= 15 is 0 Å². The van der Waals surface area contributed by atoms with Gasteiger partial charge >= 0.3 is 0 Å².